The average Bonchev–Trinajstić information content (AvgIpc) is 2.86. The van der Waals surface area contributed by atoms with Gasteiger partial charge in [0.1, 0.15) is 0 Å². The number of carbonyl (C=O) groups is 5. The normalized spacial score (nSPS) is 17.8. The molecule has 5 N–H and O–H groups in total. The Morgan fingerprint density at radius 3 is 1.49 bits per heavy atom. The van der Waals surface area contributed by atoms with E-state index < -0.39 is 73.5 Å². The summed E-state index contributed by atoms with van der Waals surface area (Å²) >= 11 is 0. The van der Waals surface area contributed by atoms with Gasteiger partial charge in [0, 0.05) is 36.8 Å². The zero-order chi connectivity index (χ0) is 30.7. The monoisotopic (exact) mass is 582 g/mol. The molecule has 0 amide bonds. The lowest BCUT2D eigenvalue weighted by Crippen LogP contribution is -2.53. The molecule has 41 heavy (non-hydrogen) atoms. The molecule has 1 aromatic carbocycles. The van der Waals surface area contributed by atoms with Crippen LogP contribution < -0.4 is 0 Å². The van der Waals surface area contributed by atoms with Crippen molar-refractivity contribution in [2.24, 2.45) is 0 Å². The summed E-state index contributed by atoms with van der Waals surface area (Å²) in [5.41, 5.74) is 0.390. The van der Waals surface area contributed by atoms with E-state index in [1.54, 1.807) is 4.90 Å². The third-order valence-electron chi connectivity index (χ3n) is 6.97. The quantitative estimate of drug-likeness (QED) is 0.114. The first-order chi connectivity index (χ1) is 19.2. The van der Waals surface area contributed by atoms with Crippen LogP contribution in [0, 0.1) is 10.1 Å². The number of nitro benzene ring substituents is 1. The number of hydrogen-bond acceptors (Lipinski definition) is 10. The van der Waals surface area contributed by atoms with Crippen molar-refractivity contribution in [3.8, 4) is 0 Å². The van der Waals surface area contributed by atoms with Crippen molar-refractivity contribution in [1.82, 2.24) is 14.7 Å². The van der Waals surface area contributed by atoms with E-state index in [0.29, 0.717) is 31.2 Å². The summed E-state index contributed by atoms with van der Waals surface area (Å²) in [6, 6.07) is 3.99. The summed E-state index contributed by atoms with van der Waals surface area (Å²) in [5.74, 6) is -6.09. The van der Waals surface area contributed by atoms with E-state index in [1.165, 1.54) is 34.1 Å². The maximum absolute atomic E-state index is 11.8. The minimum atomic E-state index is -1.29. The number of hydrogen-bond donors (Lipinski definition) is 5. The van der Waals surface area contributed by atoms with Gasteiger partial charge in [0.25, 0.3) is 5.69 Å². The van der Waals surface area contributed by atoms with E-state index in [4.69, 9.17) is 0 Å². The molecular weight excluding hydrogens is 548 g/mol. The number of rotatable bonds is 18. The summed E-state index contributed by atoms with van der Waals surface area (Å²) in [5, 5.41) is 57.9. The Balaban J connectivity index is 2.30. The lowest BCUT2D eigenvalue weighted by molar-refractivity contribution is -0.384. The van der Waals surface area contributed by atoms with Gasteiger partial charge in [0.05, 0.1) is 37.6 Å². The molecule has 1 saturated carbocycles. The highest BCUT2D eigenvalue weighted by molar-refractivity contribution is 5.73. The second kappa shape index (κ2) is 15.6. The van der Waals surface area contributed by atoms with Crippen LogP contribution in [0.25, 0.3) is 0 Å². The first kappa shape index (κ1) is 33.1. The van der Waals surface area contributed by atoms with Crippen molar-refractivity contribution in [2.75, 3.05) is 39.3 Å². The fourth-order valence-corrected chi connectivity index (χ4v) is 5.23. The van der Waals surface area contributed by atoms with Crippen LogP contribution in [-0.4, -0.2) is 132 Å². The number of carboxylic acid groups (broad SMARTS) is 5. The molecule has 1 aliphatic rings. The van der Waals surface area contributed by atoms with E-state index in [0.717, 1.165) is 0 Å². The molecule has 0 bridgehead atoms. The predicted octanol–water partition coefficient (Wildman–Crippen LogP) is 0.146. The van der Waals surface area contributed by atoms with Gasteiger partial charge in [-0.1, -0.05) is 12.1 Å². The van der Waals surface area contributed by atoms with Crippen LogP contribution in [0.4, 0.5) is 5.69 Å². The van der Waals surface area contributed by atoms with E-state index in [2.05, 4.69) is 0 Å². The highest BCUT2D eigenvalue weighted by Crippen LogP contribution is 2.28. The Labute approximate surface area is 234 Å². The van der Waals surface area contributed by atoms with Crippen LogP contribution in [0.1, 0.15) is 31.2 Å². The summed E-state index contributed by atoms with van der Waals surface area (Å²) in [4.78, 5) is 72.0. The third-order valence-corrected chi connectivity index (χ3v) is 6.97. The van der Waals surface area contributed by atoms with Crippen molar-refractivity contribution in [2.45, 2.75) is 50.2 Å². The molecule has 1 fully saturated rings. The van der Waals surface area contributed by atoms with Gasteiger partial charge in [-0.3, -0.25) is 48.8 Å². The van der Waals surface area contributed by atoms with Gasteiger partial charge in [-0.25, -0.2) is 0 Å². The van der Waals surface area contributed by atoms with E-state index in [-0.39, 0.29) is 30.7 Å². The van der Waals surface area contributed by atoms with Gasteiger partial charge in [-0.15, -0.1) is 0 Å². The molecule has 0 aromatic heterocycles. The third kappa shape index (κ3) is 11.5. The maximum Gasteiger partial charge on any atom is 0.317 e. The maximum atomic E-state index is 11.8. The average molecular weight is 583 g/mol. The first-order valence-electron chi connectivity index (χ1n) is 12.8. The largest absolute Gasteiger partial charge is 0.480 e. The van der Waals surface area contributed by atoms with E-state index in [9.17, 15) is 59.6 Å². The highest BCUT2D eigenvalue weighted by Gasteiger charge is 2.34. The van der Waals surface area contributed by atoms with Crippen molar-refractivity contribution in [3.63, 3.8) is 0 Å². The number of nitro groups is 1. The predicted molar refractivity (Wildman–Crippen MR) is 140 cm³/mol. The van der Waals surface area contributed by atoms with Gasteiger partial charge in [0.15, 0.2) is 0 Å². The summed E-state index contributed by atoms with van der Waals surface area (Å²) in [6.45, 7) is -2.68. The minimum absolute atomic E-state index is 0.0346. The second-order valence-corrected chi connectivity index (χ2v) is 9.95. The van der Waals surface area contributed by atoms with E-state index >= 15 is 0 Å². The van der Waals surface area contributed by atoms with Crippen LogP contribution in [0.5, 0.6) is 0 Å². The Hall–Kier alpha value is -4.15. The second-order valence-electron chi connectivity index (χ2n) is 9.95. The fraction of sp³-hybridized carbons (Fsp3) is 0.560. The van der Waals surface area contributed by atoms with Crippen molar-refractivity contribution >= 4 is 35.5 Å². The number of aliphatic carboxylic acids is 5. The molecule has 0 radical (unpaired) electrons. The van der Waals surface area contributed by atoms with Crippen LogP contribution in [0.15, 0.2) is 24.3 Å². The lowest BCUT2D eigenvalue weighted by atomic mass is 9.88. The fourth-order valence-electron chi connectivity index (χ4n) is 5.23. The lowest BCUT2D eigenvalue weighted by Gasteiger charge is -2.42. The van der Waals surface area contributed by atoms with Gasteiger partial charge in [-0.2, -0.15) is 0 Å². The molecule has 2 rings (SSSR count). The molecule has 1 aromatic rings. The Morgan fingerprint density at radius 2 is 1.10 bits per heavy atom. The molecule has 1 aliphatic carbocycles. The van der Waals surface area contributed by atoms with Crippen LogP contribution in [-0.2, 0) is 30.4 Å². The molecule has 226 valence electrons. The summed E-state index contributed by atoms with van der Waals surface area (Å²) in [7, 11) is 0. The zero-order valence-corrected chi connectivity index (χ0v) is 22.2. The molecule has 1 atom stereocenters. The molecule has 0 heterocycles. The van der Waals surface area contributed by atoms with Gasteiger partial charge in [-0.05, 0) is 37.7 Å². The minimum Gasteiger partial charge on any atom is -0.480 e. The molecule has 0 aliphatic heterocycles. The van der Waals surface area contributed by atoms with Crippen molar-refractivity contribution in [1.29, 1.82) is 0 Å². The highest BCUT2D eigenvalue weighted by atomic mass is 16.6. The van der Waals surface area contributed by atoms with Crippen LogP contribution >= 0.6 is 0 Å². The SMILES string of the molecule is O=C(O)CN(CC(=O)O)C(Cc1ccc([N+](=O)[O-])cc1)CN(CC(=O)O)[C@H]1CC[C@H](N(CC(=O)O)CC(=O)O)CC1. The zero-order valence-electron chi connectivity index (χ0n) is 22.2. The molecule has 16 heteroatoms. The van der Waals surface area contributed by atoms with Crippen LogP contribution in [0.3, 0.4) is 0 Å². The molecule has 0 saturated heterocycles. The molecule has 0 spiro atoms. The molecule has 16 nitrogen and oxygen atoms in total. The number of benzene rings is 1. The van der Waals surface area contributed by atoms with E-state index in [1.807, 2.05) is 0 Å². The van der Waals surface area contributed by atoms with Gasteiger partial charge in [0.2, 0.25) is 0 Å². The smallest absolute Gasteiger partial charge is 0.317 e. The topological polar surface area (TPSA) is 239 Å². The Bertz CT molecular complexity index is 1070. The van der Waals surface area contributed by atoms with Gasteiger partial charge < -0.3 is 25.5 Å². The first-order valence-corrected chi connectivity index (χ1v) is 12.8. The molecule has 1 unspecified atom stereocenters. The van der Waals surface area contributed by atoms with Crippen molar-refractivity contribution < 1.29 is 54.4 Å². The summed E-state index contributed by atoms with van der Waals surface area (Å²) in [6.07, 6.45) is 1.66. The Kier molecular flexibility index (Phi) is 12.6. The number of carboxylic acids is 5. The Morgan fingerprint density at radius 1 is 0.707 bits per heavy atom. The standard InChI is InChI=1S/C25H34N4O12/c30-21(31)11-26(17-5-7-18(8-6-17)27(12-22(32)33)13-23(34)35)10-20(28(14-24(36)37)15-25(38)39)9-16-1-3-19(4-2-16)29(40)41/h1-4,17-18,20H,5-15H2,(H,30,31)(H,32,33)(H,34,35)(H,36,37)(H,38,39)/t17-,18-,20?. The van der Waals surface area contributed by atoms with Crippen molar-refractivity contribution in [3.05, 3.63) is 39.9 Å². The number of nitrogens with zero attached hydrogens (tertiary/aromatic N) is 4. The summed E-state index contributed by atoms with van der Waals surface area (Å²) < 4.78 is 0. The van der Waals surface area contributed by atoms with Crippen LogP contribution in [0.2, 0.25) is 0 Å². The number of non-ortho nitro benzene ring substituents is 1. The molecular formula is C25H34N4O12. The van der Waals surface area contributed by atoms with Gasteiger partial charge >= 0.3 is 29.8 Å².